The summed E-state index contributed by atoms with van der Waals surface area (Å²) in [6.45, 7) is 1.76. The Morgan fingerprint density at radius 2 is 1.79 bits per heavy atom. The van der Waals surface area contributed by atoms with Gasteiger partial charge in [0.2, 0.25) is 11.8 Å². The molecule has 148 valence electrons. The molecule has 2 aromatic carbocycles. The number of amides is 2. The lowest BCUT2D eigenvalue weighted by Gasteiger charge is -2.18. The minimum atomic E-state index is -4.46. The van der Waals surface area contributed by atoms with Gasteiger partial charge in [-0.3, -0.25) is 9.59 Å². The Morgan fingerprint density at radius 3 is 2.36 bits per heavy atom. The molecule has 2 aromatic rings. The van der Waals surface area contributed by atoms with Crippen molar-refractivity contribution >= 4 is 17.5 Å². The van der Waals surface area contributed by atoms with Gasteiger partial charge in [0.05, 0.1) is 5.56 Å². The molecule has 0 aromatic heterocycles. The van der Waals surface area contributed by atoms with Crippen molar-refractivity contribution in [1.29, 1.82) is 0 Å². The molecule has 0 unspecified atom stereocenters. The molecule has 2 amide bonds. The van der Waals surface area contributed by atoms with Gasteiger partial charge >= 0.3 is 6.18 Å². The number of nitrogens with one attached hydrogen (secondary N) is 1. The van der Waals surface area contributed by atoms with Crippen LogP contribution in [0, 0.1) is 18.7 Å². The number of rotatable bonds is 3. The van der Waals surface area contributed by atoms with E-state index in [-0.39, 0.29) is 6.54 Å². The van der Waals surface area contributed by atoms with Crippen molar-refractivity contribution < 1.29 is 27.2 Å². The van der Waals surface area contributed by atoms with Gasteiger partial charge in [-0.1, -0.05) is 12.1 Å². The number of aryl methyl sites for hydroxylation is 1. The Hall–Kier alpha value is -2.90. The molecular weight excluding hydrogens is 376 g/mol. The maximum absolute atomic E-state index is 13.4. The number of benzene rings is 2. The Morgan fingerprint density at radius 1 is 1.14 bits per heavy atom. The van der Waals surface area contributed by atoms with E-state index in [9.17, 15) is 27.2 Å². The van der Waals surface area contributed by atoms with Gasteiger partial charge in [-0.05, 0) is 48.4 Å². The molecule has 1 aliphatic rings. The summed E-state index contributed by atoms with van der Waals surface area (Å²) in [5.41, 5.74) is 0.363. The van der Waals surface area contributed by atoms with Gasteiger partial charge in [0.25, 0.3) is 0 Å². The summed E-state index contributed by atoms with van der Waals surface area (Å²) in [5.74, 6) is -3.07. The van der Waals surface area contributed by atoms with Crippen LogP contribution in [0.5, 0.6) is 0 Å². The van der Waals surface area contributed by atoms with Crippen molar-refractivity contribution in [3.8, 4) is 0 Å². The highest BCUT2D eigenvalue weighted by atomic mass is 19.4. The van der Waals surface area contributed by atoms with Crippen molar-refractivity contribution in [2.24, 2.45) is 5.92 Å². The molecule has 0 aliphatic carbocycles. The highest BCUT2D eigenvalue weighted by Gasteiger charge is 2.44. The van der Waals surface area contributed by atoms with Crippen LogP contribution in [-0.2, 0) is 15.8 Å². The number of alkyl halides is 3. The van der Waals surface area contributed by atoms with Crippen molar-refractivity contribution in [3.05, 3.63) is 65.0 Å². The molecule has 0 bridgehead atoms. The summed E-state index contributed by atoms with van der Waals surface area (Å²) in [6, 6.07) is 8.51. The summed E-state index contributed by atoms with van der Waals surface area (Å²) >= 11 is 0. The molecule has 1 fully saturated rings. The van der Waals surface area contributed by atoms with E-state index in [4.69, 9.17) is 0 Å². The van der Waals surface area contributed by atoms with Crippen molar-refractivity contribution in [1.82, 2.24) is 4.90 Å². The van der Waals surface area contributed by atoms with Gasteiger partial charge in [-0.2, -0.15) is 13.2 Å². The van der Waals surface area contributed by atoms with E-state index in [1.54, 1.807) is 6.92 Å². The second kappa shape index (κ2) is 7.26. The van der Waals surface area contributed by atoms with E-state index >= 15 is 0 Å². The first-order chi connectivity index (χ1) is 13.1. The smallest absolute Gasteiger partial charge is 0.344 e. The average Bonchev–Trinajstić information content (AvgIpc) is 2.93. The lowest BCUT2D eigenvalue weighted by Crippen LogP contribution is -2.32. The zero-order chi connectivity index (χ0) is 20.6. The molecule has 1 heterocycles. The number of likely N-dealkylation sites (N-methyl/N-ethyl adjacent to an activating group) is 1. The number of carbonyl (C=O) groups is 2. The number of halogens is 4. The highest BCUT2D eigenvalue weighted by Crippen LogP contribution is 2.36. The molecule has 1 aliphatic heterocycles. The molecule has 0 spiro atoms. The normalized spacial score (nSPS) is 19.8. The predicted molar refractivity (Wildman–Crippen MR) is 95.1 cm³/mol. The van der Waals surface area contributed by atoms with Gasteiger partial charge in [0.1, 0.15) is 11.7 Å². The Bertz CT molecular complexity index is 909. The Labute approximate surface area is 159 Å². The van der Waals surface area contributed by atoms with Gasteiger partial charge in [0, 0.05) is 25.2 Å². The minimum Gasteiger partial charge on any atom is -0.344 e. The maximum Gasteiger partial charge on any atom is 0.416 e. The summed E-state index contributed by atoms with van der Waals surface area (Å²) < 4.78 is 51.7. The minimum absolute atomic E-state index is 0.213. The second-order valence-electron chi connectivity index (χ2n) is 6.88. The van der Waals surface area contributed by atoms with Crippen LogP contribution in [0.3, 0.4) is 0 Å². The molecule has 0 radical (unpaired) electrons. The fourth-order valence-electron chi connectivity index (χ4n) is 3.35. The topological polar surface area (TPSA) is 49.4 Å². The van der Waals surface area contributed by atoms with Crippen LogP contribution in [0.15, 0.2) is 42.5 Å². The number of likely N-dealkylation sites (tertiary alicyclic amines) is 1. The number of anilines is 1. The average molecular weight is 394 g/mol. The molecule has 2 atom stereocenters. The number of hydrogen-bond acceptors (Lipinski definition) is 2. The predicted octanol–water partition coefficient (Wildman–Crippen LogP) is 3.96. The van der Waals surface area contributed by atoms with Crippen molar-refractivity contribution in [2.75, 3.05) is 18.9 Å². The van der Waals surface area contributed by atoms with E-state index in [2.05, 4.69) is 5.32 Å². The molecule has 28 heavy (non-hydrogen) atoms. The fraction of sp³-hybridized carbons (Fsp3) is 0.300. The van der Waals surface area contributed by atoms with Crippen molar-refractivity contribution in [3.63, 3.8) is 0 Å². The highest BCUT2D eigenvalue weighted by molar-refractivity contribution is 6.08. The molecule has 8 heteroatoms. The maximum atomic E-state index is 13.4. The lowest BCUT2D eigenvalue weighted by molar-refractivity contribution is -0.138. The Kier molecular flexibility index (Phi) is 5.14. The van der Waals surface area contributed by atoms with E-state index in [1.165, 1.54) is 42.3 Å². The third kappa shape index (κ3) is 3.85. The molecular formula is C20H18F4N2O2. The first kappa shape index (κ1) is 19.9. The fourth-order valence-corrected chi connectivity index (χ4v) is 3.35. The second-order valence-corrected chi connectivity index (χ2v) is 6.88. The molecule has 1 saturated heterocycles. The zero-order valence-electron chi connectivity index (χ0n) is 15.2. The first-order valence-corrected chi connectivity index (χ1v) is 8.57. The van der Waals surface area contributed by atoms with Crippen LogP contribution >= 0.6 is 0 Å². The zero-order valence-corrected chi connectivity index (χ0v) is 15.2. The van der Waals surface area contributed by atoms with Crippen LogP contribution in [-0.4, -0.2) is 30.3 Å². The molecule has 1 N–H and O–H groups in total. The van der Waals surface area contributed by atoms with Crippen LogP contribution < -0.4 is 5.32 Å². The van der Waals surface area contributed by atoms with Crippen molar-refractivity contribution in [2.45, 2.75) is 19.0 Å². The molecule has 0 saturated carbocycles. The van der Waals surface area contributed by atoms with E-state index in [0.717, 1.165) is 12.1 Å². The molecule has 3 rings (SSSR count). The summed E-state index contributed by atoms with van der Waals surface area (Å²) in [5, 5.41) is 2.61. The van der Waals surface area contributed by atoms with Gasteiger partial charge in [-0.25, -0.2) is 4.39 Å². The third-order valence-corrected chi connectivity index (χ3v) is 4.89. The summed E-state index contributed by atoms with van der Waals surface area (Å²) in [7, 11) is 1.54. The van der Waals surface area contributed by atoms with Crippen LogP contribution in [0.25, 0.3) is 0 Å². The monoisotopic (exact) mass is 394 g/mol. The van der Waals surface area contributed by atoms with Gasteiger partial charge < -0.3 is 10.2 Å². The van der Waals surface area contributed by atoms with Crippen LogP contribution in [0.1, 0.15) is 22.6 Å². The third-order valence-electron chi connectivity index (χ3n) is 4.89. The van der Waals surface area contributed by atoms with Crippen LogP contribution in [0.4, 0.5) is 23.2 Å². The first-order valence-electron chi connectivity index (χ1n) is 8.57. The standard InChI is InChI=1S/C20H18F4N2O2/c1-11-9-14(7-8-16(11)21)25-18(27)17-15(10-26(2)19(17)28)12-3-5-13(6-4-12)20(22,23)24/h3-9,15,17H,10H2,1-2H3,(H,25,27)/t15-,17+/m0/s1. The number of hydrogen-bond donors (Lipinski definition) is 1. The quantitative estimate of drug-likeness (QED) is 0.633. The van der Waals surface area contributed by atoms with E-state index in [0.29, 0.717) is 16.8 Å². The van der Waals surface area contributed by atoms with E-state index in [1.807, 2.05) is 0 Å². The summed E-state index contributed by atoms with van der Waals surface area (Å²) in [6.07, 6.45) is -4.46. The largest absolute Gasteiger partial charge is 0.416 e. The number of nitrogens with zero attached hydrogens (tertiary/aromatic N) is 1. The van der Waals surface area contributed by atoms with E-state index < -0.39 is 41.2 Å². The SMILES string of the molecule is Cc1cc(NC(=O)[C@@H]2C(=O)N(C)C[C@H]2c2ccc(C(F)(F)F)cc2)ccc1F. The Balaban J connectivity index is 1.85. The van der Waals surface area contributed by atoms with Gasteiger partial charge in [-0.15, -0.1) is 0 Å². The number of carbonyl (C=O) groups excluding carboxylic acids is 2. The lowest BCUT2D eigenvalue weighted by atomic mass is 9.87. The van der Waals surface area contributed by atoms with Gasteiger partial charge in [0.15, 0.2) is 0 Å². The summed E-state index contributed by atoms with van der Waals surface area (Å²) in [4.78, 5) is 26.6. The van der Waals surface area contributed by atoms with Crippen LogP contribution in [0.2, 0.25) is 0 Å². The molecule has 4 nitrogen and oxygen atoms in total.